The molecular weight excluding hydrogens is 399 g/mol. The van der Waals surface area contributed by atoms with Crippen LogP contribution in [0.5, 0.6) is 0 Å². The highest BCUT2D eigenvalue weighted by molar-refractivity contribution is 7.14. The standard InChI is InChI=1S/C21H20Cl2N2OS/c1-13(2)15-6-3-14(4-7-15)5-10-20(26)25-21-24-19(12-27-21)17-9-8-16(22)11-18(17)23/h3-4,6-9,11-13H,5,10H2,1-2H3,(H,24,25,26). The number of benzene rings is 2. The van der Waals surface area contributed by atoms with Crippen LogP contribution in [0.2, 0.25) is 10.0 Å². The van der Waals surface area contributed by atoms with Gasteiger partial charge in [0.15, 0.2) is 5.13 Å². The van der Waals surface area contributed by atoms with E-state index >= 15 is 0 Å². The summed E-state index contributed by atoms with van der Waals surface area (Å²) < 4.78 is 0. The highest BCUT2D eigenvalue weighted by Crippen LogP contribution is 2.32. The van der Waals surface area contributed by atoms with Crippen molar-refractivity contribution in [1.29, 1.82) is 0 Å². The fraction of sp³-hybridized carbons (Fsp3) is 0.238. The first-order valence-corrected chi connectivity index (χ1v) is 10.4. The summed E-state index contributed by atoms with van der Waals surface area (Å²) >= 11 is 13.5. The van der Waals surface area contributed by atoms with E-state index in [1.54, 1.807) is 12.1 Å². The molecule has 0 saturated heterocycles. The van der Waals surface area contributed by atoms with Gasteiger partial charge in [0, 0.05) is 22.4 Å². The molecule has 0 aliphatic heterocycles. The second kappa shape index (κ2) is 8.87. The van der Waals surface area contributed by atoms with Gasteiger partial charge in [0.1, 0.15) is 0 Å². The second-order valence-electron chi connectivity index (χ2n) is 6.61. The quantitative estimate of drug-likeness (QED) is 0.477. The van der Waals surface area contributed by atoms with Gasteiger partial charge in [-0.15, -0.1) is 11.3 Å². The van der Waals surface area contributed by atoms with E-state index in [1.807, 2.05) is 11.4 Å². The van der Waals surface area contributed by atoms with Crippen LogP contribution in [-0.2, 0) is 11.2 Å². The van der Waals surface area contributed by atoms with Crippen LogP contribution in [0.4, 0.5) is 5.13 Å². The van der Waals surface area contributed by atoms with Crippen molar-refractivity contribution in [2.75, 3.05) is 5.32 Å². The van der Waals surface area contributed by atoms with Crippen LogP contribution in [-0.4, -0.2) is 10.9 Å². The van der Waals surface area contributed by atoms with Gasteiger partial charge in [-0.3, -0.25) is 4.79 Å². The second-order valence-corrected chi connectivity index (χ2v) is 8.31. The number of carbonyl (C=O) groups is 1. The first-order valence-electron chi connectivity index (χ1n) is 8.72. The zero-order chi connectivity index (χ0) is 19.4. The Bertz CT molecular complexity index is 936. The predicted octanol–water partition coefficient (Wildman–Crippen LogP) is 6.81. The molecule has 0 bridgehead atoms. The molecule has 0 aliphatic rings. The van der Waals surface area contributed by atoms with Crippen molar-refractivity contribution in [1.82, 2.24) is 4.98 Å². The number of anilines is 1. The number of halogens is 2. The van der Waals surface area contributed by atoms with Crippen molar-refractivity contribution in [3.05, 3.63) is 69.0 Å². The monoisotopic (exact) mass is 418 g/mol. The molecule has 0 unspecified atom stereocenters. The lowest BCUT2D eigenvalue weighted by molar-refractivity contribution is -0.116. The molecule has 0 saturated carbocycles. The molecule has 0 aliphatic carbocycles. The van der Waals surface area contributed by atoms with Gasteiger partial charge in [-0.05, 0) is 41.7 Å². The van der Waals surface area contributed by atoms with Gasteiger partial charge in [0.2, 0.25) is 5.91 Å². The molecule has 3 nitrogen and oxygen atoms in total. The van der Waals surface area contributed by atoms with Crippen LogP contribution >= 0.6 is 34.5 Å². The summed E-state index contributed by atoms with van der Waals surface area (Å²) in [5, 5.41) is 6.41. The van der Waals surface area contributed by atoms with Gasteiger partial charge in [-0.2, -0.15) is 0 Å². The highest BCUT2D eigenvalue weighted by Gasteiger charge is 2.11. The number of aryl methyl sites for hydroxylation is 1. The Labute approximate surface area is 173 Å². The van der Waals surface area contributed by atoms with Gasteiger partial charge >= 0.3 is 0 Å². The molecule has 27 heavy (non-hydrogen) atoms. The summed E-state index contributed by atoms with van der Waals surface area (Å²) in [6.45, 7) is 4.34. The third-order valence-electron chi connectivity index (χ3n) is 4.24. The molecule has 140 valence electrons. The van der Waals surface area contributed by atoms with Crippen molar-refractivity contribution < 1.29 is 4.79 Å². The van der Waals surface area contributed by atoms with E-state index in [4.69, 9.17) is 23.2 Å². The van der Waals surface area contributed by atoms with Gasteiger partial charge in [0.25, 0.3) is 0 Å². The Hall–Kier alpha value is -1.88. The Morgan fingerprint density at radius 1 is 1.15 bits per heavy atom. The number of rotatable bonds is 6. The number of hydrogen-bond donors (Lipinski definition) is 1. The minimum absolute atomic E-state index is 0.0500. The molecule has 1 heterocycles. The Morgan fingerprint density at radius 3 is 2.56 bits per heavy atom. The molecule has 0 radical (unpaired) electrons. The van der Waals surface area contributed by atoms with Crippen LogP contribution < -0.4 is 5.32 Å². The zero-order valence-electron chi connectivity index (χ0n) is 15.1. The van der Waals surface area contributed by atoms with E-state index in [0.717, 1.165) is 16.8 Å². The van der Waals surface area contributed by atoms with Crippen LogP contribution in [0, 0.1) is 0 Å². The molecule has 0 spiro atoms. The number of aromatic nitrogens is 1. The zero-order valence-corrected chi connectivity index (χ0v) is 17.5. The number of thiazole rings is 1. The molecular formula is C21H20Cl2N2OS. The SMILES string of the molecule is CC(C)c1ccc(CCC(=O)Nc2nc(-c3ccc(Cl)cc3Cl)cs2)cc1. The number of amides is 1. The maximum atomic E-state index is 12.2. The molecule has 1 N–H and O–H groups in total. The van der Waals surface area contributed by atoms with E-state index < -0.39 is 0 Å². The maximum absolute atomic E-state index is 12.2. The summed E-state index contributed by atoms with van der Waals surface area (Å²) in [6.07, 6.45) is 1.11. The molecule has 6 heteroatoms. The molecule has 3 aromatic rings. The molecule has 0 atom stereocenters. The fourth-order valence-electron chi connectivity index (χ4n) is 2.66. The molecule has 2 aromatic carbocycles. The average Bonchev–Trinajstić information content (AvgIpc) is 3.08. The van der Waals surface area contributed by atoms with Gasteiger partial charge in [0.05, 0.1) is 10.7 Å². The third-order valence-corrected chi connectivity index (χ3v) is 5.55. The Morgan fingerprint density at radius 2 is 1.89 bits per heavy atom. The maximum Gasteiger partial charge on any atom is 0.226 e. The molecule has 0 fully saturated rings. The van der Waals surface area contributed by atoms with Gasteiger partial charge in [-0.25, -0.2) is 4.98 Å². The van der Waals surface area contributed by atoms with Crippen molar-refractivity contribution in [3.63, 3.8) is 0 Å². The molecule has 3 rings (SSSR count). The van der Waals surface area contributed by atoms with Crippen molar-refractivity contribution in [3.8, 4) is 11.3 Å². The lowest BCUT2D eigenvalue weighted by Crippen LogP contribution is -2.12. The summed E-state index contributed by atoms with van der Waals surface area (Å²) in [4.78, 5) is 16.7. The van der Waals surface area contributed by atoms with Gasteiger partial charge in [-0.1, -0.05) is 61.3 Å². The van der Waals surface area contributed by atoms with E-state index in [9.17, 15) is 4.79 Å². The normalized spacial score (nSPS) is 11.0. The minimum atomic E-state index is -0.0500. The van der Waals surface area contributed by atoms with Gasteiger partial charge < -0.3 is 5.32 Å². The average molecular weight is 419 g/mol. The summed E-state index contributed by atoms with van der Waals surface area (Å²) in [5.74, 6) is 0.460. The van der Waals surface area contributed by atoms with Crippen molar-refractivity contribution in [2.24, 2.45) is 0 Å². The first kappa shape index (κ1) is 19.9. The van der Waals surface area contributed by atoms with Crippen LogP contribution in [0.1, 0.15) is 37.3 Å². The lowest BCUT2D eigenvalue weighted by atomic mass is 10.0. The van der Waals surface area contributed by atoms with Crippen LogP contribution in [0.3, 0.4) is 0 Å². The number of nitrogens with zero attached hydrogens (tertiary/aromatic N) is 1. The van der Waals surface area contributed by atoms with E-state index in [0.29, 0.717) is 33.9 Å². The largest absolute Gasteiger partial charge is 0.302 e. The highest BCUT2D eigenvalue weighted by atomic mass is 35.5. The van der Waals surface area contributed by atoms with Crippen molar-refractivity contribution >= 4 is 45.6 Å². The summed E-state index contributed by atoms with van der Waals surface area (Å²) in [6, 6.07) is 13.7. The smallest absolute Gasteiger partial charge is 0.226 e. The number of nitrogens with one attached hydrogen (secondary N) is 1. The Kier molecular flexibility index (Phi) is 6.53. The van der Waals surface area contributed by atoms with Crippen LogP contribution in [0.25, 0.3) is 11.3 Å². The summed E-state index contributed by atoms with van der Waals surface area (Å²) in [5.41, 5.74) is 3.98. The lowest BCUT2D eigenvalue weighted by Gasteiger charge is -2.07. The number of hydrogen-bond acceptors (Lipinski definition) is 3. The molecule has 1 aromatic heterocycles. The van der Waals surface area contributed by atoms with Crippen molar-refractivity contribution in [2.45, 2.75) is 32.6 Å². The van der Waals surface area contributed by atoms with Crippen LogP contribution in [0.15, 0.2) is 47.8 Å². The minimum Gasteiger partial charge on any atom is -0.302 e. The predicted molar refractivity (Wildman–Crippen MR) is 115 cm³/mol. The Balaban J connectivity index is 1.57. The first-order chi connectivity index (χ1) is 12.9. The number of carbonyl (C=O) groups excluding carboxylic acids is 1. The third kappa shape index (κ3) is 5.32. The topological polar surface area (TPSA) is 42.0 Å². The van der Waals surface area contributed by atoms with E-state index in [1.165, 1.54) is 16.9 Å². The summed E-state index contributed by atoms with van der Waals surface area (Å²) in [7, 11) is 0. The van der Waals surface area contributed by atoms with E-state index in [2.05, 4.69) is 48.4 Å². The molecule has 1 amide bonds. The fourth-order valence-corrected chi connectivity index (χ4v) is 3.89. The van der Waals surface area contributed by atoms with E-state index in [-0.39, 0.29) is 5.91 Å².